The zero-order chi connectivity index (χ0) is 13.9. The lowest BCUT2D eigenvalue weighted by atomic mass is 10.1. The van der Waals surface area contributed by atoms with E-state index >= 15 is 0 Å². The first-order valence-corrected chi connectivity index (χ1v) is 5.00. The maximum atomic E-state index is 13.3. The van der Waals surface area contributed by atoms with Gasteiger partial charge in [0.05, 0.1) is 6.10 Å². The van der Waals surface area contributed by atoms with Crippen molar-refractivity contribution in [2.45, 2.75) is 25.4 Å². The van der Waals surface area contributed by atoms with E-state index in [2.05, 4.69) is 4.74 Å². The molecule has 0 fully saturated rings. The molecule has 1 aromatic rings. The molecule has 1 aromatic carbocycles. The number of hydrogen-bond donors (Lipinski definition) is 1. The maximum Gasteiger partial charge on any atom is 0.340 e. The van der Waals surface area contributed by atoms with Crippen LogP contribution in [0.5, 0.6) is 5.75 Å². The molecule has 0 heterocycles. The highest BCUT2D eigenvalue weighted by molar-refractivity contribution is 5.30. The van der Waals surface area contributed by atoms with Crippen LogP contribution in [-0.4, -0.2) is 24.1 Å². The summed E-state index contributed by atoms with van der Waals surface area (Å²) in [5, 5.41) is 9.14. The van der Waals surface area contributed by atoms with E-state index in [1.54, 1.807) is 0 Å². The summed E-state index contributed by atoms with van der Waals surface area (Å²) in [6.45, 7) is -0.226. The number of benzene rings is 1. The number of halogens is 5. The Morgan fingerprint density at radius 1 is 1.33 bits per heavy atom. The number of hydrogen-bond acceptors (Lipinski definition) is 2. The highest BCUT2D eigenvalue weighted by Crippen LogP contribution is 2.26. The third kappa shape index (κ3) is 3.56. The Morgan fingerprint density at radius 2 is 1.94 bits per heavy atom. The number of ether oxygens (including phenoxy) is 1. The Morgan fingerprint density at radius 3 is 2.39 bits per heavy atom. The Balaban J connectivity index is 2.75. The smallest absolute Gasteiger partial charge is 0.340 e. The molecule has 102 valence electrons. The van der Waals surface area contributed by atoms with E-state index in [0.717, 1.165) is 12.1 Å². The molecule has 18 heavy (non-hydrogen) atoms. The van der Waals surface area contributed by atoms with Gasteiger partial charge in [0.25, 0.3) is 0 Å². The van der Waals surface area contributed by atoms with E-state index < -0.39 is 36.6 Å². The fourth-order valence-corrected chi connectivity index (χ4v) is 1.13. The first kappa shape index (κ1) is 14.7. The van der Waals surface area contributed by atoms with Gasteiger partial charge in [0, 0.05) is 0 Å². The van der Waals surface area contributed by atoms with Gasteiger partial charge >= 0.3 is 12.3 Å². The normalized spacial score (nSPS) is 13.8. The minimum Gasteiger partial charge on any atom is -0.484 e. The molecule has 1 unspecified atom stereocenters. The largest absolute Gasteiger partial charge is 0.484 e. The van der Waals surface area contributed by atoms with Crippen molar-refractivity contribution < 1.29 is 31.8 Å². The van der Waals surface area contributed by atoms with Crippen molar-refractivity contribution in [2.24, 2.45) is 0 Å². The summed E-state index contributed by atoms with van der Waals surface area (Å²) in [5.41, 5.74) is 0.223. The van der Waals surface area contributed by atoms with Gasteiger partial charge in [-0.25, -0.2) is 13.2 Å². The van der Waals surface area contributed by atoms with E-state index in [4.69, 9.17) is 5.11 Å². The van der Waals surface area contributed by atoms with Gasteiger partial charge in [0.15, 0.2) is 18.2 Å². The minimum absolute atomic E-state index is 0.223. The maximum absolute atomic E-state index is 13.3. The highest BCUT2D eigenvalue weighted by atomic mass is 19.3. The summed E-state index contributed by atoms with van der Waals surface area (Å²) in [6, 6.07) is 3.14. The van der Waals surface area contributed by atoms with Crippen LogP contribution in [0.15, 0.2) is 18.2 Å². The zero-order valence-corrected chi connectivity index (χ0v) is 9.34. The average Bonchev–Trinajstić information content (AvgIpc) is 2.26. The molecule has 1 rings (SSSR count). The fourth-order valence-electron chi connectivity index (χ4n) is 1.13. The van der Waals surface area contributed by atoms with E-state index in [-0.39, 0.29) is 5.56 Å². The van der Waals surface area contributed by atoms with Gasteiger partial charge in [0.2, 0.25) is 0 Å². The summed E-state index contributed by atoms with van der Waals surface area (Å²) < 4.78 is 66.4. The monoisotopic (exact) mass is 270 g/mol. The molecule has 0 aliphatic carbocycles. The Labute approximate surface area is 100.0 Å². The molecule has 2 nitrogen and oxygen atoms in total. The van der Waals surface area contributed by atoms with Crippen molar-refractivity contribution in [3.8, 4) is 5.75 Å². The molecule has 0 radical (unpaired) electrons. The van der Waals surface area contributed by atoms with Crippen LogP contribution in [0.3, 0.4) is 0 Å². The molecule has 0 aliphatic heterocycles. The van der Waals surface area contributed by atoms with Crippen LogP contribution in [0.1, 0.15) is 18.6 Å². The van der Waals surface area contributed by atoms with Crippen molar-refractivity contribution in [3.63, 3.8) is 0 Å². The van der Waals surface area contributed by atoms with Gasteiger partial charge in [-0.1, -0.05) is 6.07 Å². The van der Waals surface area contributed by atoms with Crippen LogP contribution in [0.2, 0.25) is 0 Å². The predicted octanol–water partition coefficient (Wildman–Crippen LogP) is 3.16. The quantitative estimate of drug-likeness (QED) is 0.833. The van der Waals surface area contributed by atoms with Crippen molar-refractivity contribution in [2.75, 3.05) is 6.61 Å². The topological polar surface area (TPSA) is 29.5 Å². The summed E-state index contributed by atoms with van der Waals surface area (Å²) in [4.78, 5) is 0. The van der Waals surface area contributed by atoms with E-state index in [9.17, 15) is 22.0 Å². The van der Waals surface area contributed by atoms with Gasteiger partial charge in [0.1, 0.15) is 0 Å². The predicted molar refractivity (Wildman–Crippen MR) is 53.5 cm³/mol. The van der Waals surface area contributed by atoms with Gasteiger partial charge in [-0.2, -0.15) is 8.78 Å². The Bertz CT molecular complexity index is 406. The molecule has 1 N–H and O–H groups in total. The number of rotatable bonds is 5. The van der Waals surface area contributed by atoms with Gasteiger partial charge in [-0.05, 0) is 24.6 Å². The van der Waals surface area contributed by atoms with Crippen LogP contribution in [-0.2, 0) is 0 Å². The lowest BCUT2D eigenvalue weighted by Gasteiger charge is -2.16. The van der Waals surface area contributed by atoms with Crippen LogP contribution >= 0.6 is 0 Å². The van der Waals surface area contributed by atoms with Gasteiger partial charge in [-0.3, -0.25) is 0 Å². The molecular formula is C11H11F5O2. The summed E-state index contributed by atoms with van der Waals surface area (Å²) >= 11 is 0. The zero-order valence-electron chi connectivity index (χ0n) is 9.34. The molecule has 7 heteroatoms. The first-order valence-electron chi connectivity index (χ1n) is 5.00. The SMILES string of the molecule is CC(O)c1ccc(OCC(F)(F)C(F)F)c(F)c1. The molecule has 0 spiro atoms. The molecule has 0 aromatic heterocycles. The van der Waals surface area contributed by atoms with Crippen LogP contribution < -0.4 is 4.74 Å². The minimum atomic E-state index is -4.34. The Kier molecular flexibility index (Phi) is 4.50. The molecule has 0 bridgehead atoms. The number of aliphatic hydroxyl groups excluding tert-OH is 1. The summed E-state index contributed by atoms with van der Waals surface area (Å²) in [6.07, 6.45) is -4.81. The Hall–Kier alpha value is -1.37. The van der Waals surface area contributed by atoms with E-state index in [1.165, 1.54) is 13.0 Å². The fraction of sp³-hybridized carbons (Fsp3) is 0.455. The van der Waals surface area contributed by atoms with Gasteiger partial charge < -0.3 is 9.84 Å². The molecule has 1 atom stereocenters. The molecular weight excluding hydrogens is 259 g/mol. The van der Waals surface area contributed by atoms with Crippen molar-refractivity contribution in [1.82, 2.24) is 0 Å². The second-order valence-electron chi connectivity index (χ2n) is 3.72. The summed E-state index contributed by atoms with van der Waals surface area (Å²) in [5.74, 6) is -5.91. The van der Waals surface area contributed by atoms with E-state index in [1.807, 2.05) is 0 Å². The third-order valence-corrected chi connectivity index (χ3v) is 2.18. The molecule has 0 saturated heterocycles. The van der Waals surface area contributed by atoms with Crippen LogP contribution in [0.4, 0.5) is 22.0 Å². The van der Waals surface area contributed by atoms with Crippen molar-refractivity contribution in [1.29, 1.82) is 0 Å². The third-order valence-electron chi connectivity index (χ3n) is 2.18. The van der Waals surface area contributed by atoms with Crippen LogP contribution in [0.25, 0.3) is 0 Å². The van der Waals surface area contributed by atoms with Gasteiger partial charge in [-0.15, -0.1) is 0 Å². The summed E-state index contributed by atoms with van der Waals surface area (Å²) in [7, 11) is 0. The molecule has 0 aliphatic rings. The molecule has 0 amide bonds. The number of aliphatic hydroxyl groups is 1. The van der Waals surface area contributed by atoms with E-state index in [0.29, 0.717) is 0 Å². The lowest BCUT2D eigenvalue weighted by molar-refractivity contribution is -0.148. The second kappa shape index (κ2) is 5.51. The number of alkyl halides is 4. The standard InChI is InChI=1S/C11H11F5O2/c1-6(17)7-2-3-9(8(12)4-7)18-5-11(15,16)10(13)14/h2-4,6,10,17H,5H2,1H3. The lowest BCUT2D eigenvalue weighted by Crippen LogP contribution is -2.33. The van der Waals surface area contributed by atoms with Crippen molar-refractivity contribution in [3.05, 3.63) is 29.6 Å². The van der Waals surface area contributed by atoms with Crippen molar-refractivity contribution >= 4 is 0 Å². The van der Waals surface area contributed by atoms with Crippen LogP contribution in [0, 0.1) is 5.82 Å². The first-order chi connectivity index (χ1) is 8.24. The average molecular weight is 270 g/mol. The highest BCUT2D eigenvalue weighted by Gasteiger charge is 2.41. The molecule has 0 saturated carbocycles. The second-order valence-corrected chi connectivity index (χ2v) is 3.72.